The highest BCUT2D eigenvalue weighted by molar-refractivity contribution is 4.58. The van der Waals surface area contributed by atoms with Crippen molar-refractivity contribution in [3.8, 4) is 0 Å². The molecule has 0 aromatic heterocycles. The maximum atomic E-state index is 5.05. The zero-order valence-electron chi connectivity index (χ0n) is 6.52. The molecule has 3 heteroatoms. The van der Waals surface area contributed by atoms with Crippen LogP contribution in [0, 0.1) is 0 Å². The molecule has 3 nitrogen and oxygen atoms in total. The van der Waals surface area contributed by atoms with Crippen LogP contribution in [-0.2, 0) is 9.47 Å². The van der Waals surface area contributed by atoms with Crippen molar-refractivity contribution < 1.29 is 9.47 Å². The van der Waals surface area contributed by atoms with Gasteiger partial charge < -0.3 is 9.47 Å². The zero-order chi connectivity index (χ0) is 7.33. The van der Waals surface area contributed by atoms with Gasteiger partial charge in [-0.2, -0.15) is 0 Å². The van der Waals surface area contributed by atoms with Crippen molar-refractivity contribution in [2.75, 3.05) is 21.3 Å². The molecule has 0 amide bonds. The highest BCUT2D eigenvalue weighted by Crippen LogP contribution is 2.09. The molecule has 1 N–H and O–H groups in total. The van der Waals surface area contributed by atoms with Crippen molar-refractivity contribution >= 4 is 0 Å². The molecule has 0 radical (unpaired) electrons. The van der Waals surface area contributed by atoms with Crippen LogP contribution in [0.5, 0.6) is 0 Å². The van der Waals surface area contributed by atoms with Crippen LogP contribution in [0.4, 0.5) is 0 Å². The summed E-state index contributed by atoms with van der Waals surface area (Å²) in [7, 11) is 5.03. The lowest BCUT2D eigenvalue weighted by atomic mass is 10.3. The average molecular weight is 133 g/mol. The number of methoxy groups -OCH3 is 2. The molecule has 0 bridgehead atoms. The third-order valence-electron chi connectivity index (χ3n) is 1.51. The van der Waals surface area contributed by atoms with Crippen LogP contribution >= 0.6 is 0 Å². The number of hydrogen-bond donors (Lipinski definition) is 1. The lowest BCUT2D eigenvalue weighted by Crippen LogP contribution is -2.45. The second kappa shape index (κ2) is 3.82. The van der Waals surface area contributed by atoms with Gasteiger partial charge in [0.1, 0.15) is 0 Å². The predicted octanol–water partition coefficient (Wildman–Crippen LogP) is 0.562. The molecule has 0 aliphatic rings. The first-order chi connectivity index (χ1) is 4.24. The molecule has 0 saturated heterocycles. The molecule has 0 unspecified atom stereocenters. The maximum absolute atomic E-state index is 5.05. The van der Waals surface area contributed by atoms with Gasteiger partial charge in [-0.1, -0.05) is 6.92 Å². The maximum Gasteiger partial charge on any atom is 0.226 e. The van der Waals surface area contributed by atoms with E-state index in [1.165, 1.54) is 0 Å². The van der Waals surface area contributed by atoms with Crippen LogP contribution < -0.4 is 5.32 Å². The summed E-state index contributed by atoms with van der Waals surface area (Å²) in [6.07, 6.45) is 0.788. The van der Waals surface area contributed by atoms with Gasteiger partial charge in [0, 0.05) is 20.6 Å². The lowest BCUT2D eigenvalue weighted by molar-refractivity contribution is -0.225. The highest BCUT2D eigenvalue weighted by Gasteiger charge is 2.23. The first-order valence-corrected chi connectivity index (χ1v) is 3.04. The fourth-order valence-electron chi connectivity index (χ4n) is 0.753. The van der Waals surface area contributed by atoms with Crippen LogP contribution in [0.3, 0.4) is 0 Å². The summed E-state index contributed by atoms with van der Waals surface area (Å²) in [5.41, 5.74) is 0. The molecule has 0 fully saturated rings. The lowest BCUT2D eigenvalue weighted by Gasteiger charge is -2.28. The Labute approximate surface area is 56.3 Å². The molecule has 0 rings (SSSR count). The van der Waals surface area contributed by atoms with Gasteiger partial charge in [0.15, 0.2) is 0 Å². The molecule has 0 saturated carbocycles. The number of nitrogens with one attached hydrogen (secondary N) is 1. The van der Waals surface area contributed by atoms with E-state index in [-0.39, 0.29) is 0 Å². The molecule has 0 aliphatic heterocycles. The Morgan fingerprint density at radius 2 is 1.78 bits per heavy atom. The molecular formula is C6H15NO2. The topological polar surface area (TPSA) is 30.5 Å². The summed E-state index contributed by atoms with van der Waals surface area (Å²) < 4.78 is 10.1. The molecule has 56 valence electrons. The zero-order valence-corrected chi connectivity index (χ0v) is 6.52. The summed E-state index contributed by atoms with van der Waals surface area (Å²) in [5, 5.41) is 2.92. The standard InChI is InChI=1S/C6H15NO2/c1-5-6(7-2,8-3)9-4/h7H,5H2,1-4H3. The van der Waals surface area contributed by atoms with Gasteiger partial charge in [0.25, 0.3) is 0 Å². The minimum Gasteiger partial charge on any atom is -0.341 e. The van der Waals surface area contributed by atoms with Crippen molar-refractivity contribution in [2.24, 2.45) is 0 Å². The third-order valence-corrected chi connectivity index (χ3v) is 1.51. The molecule has 0 spiro atoms. The fraction of sp³-hybridized carbons (Fsp3) is 1.00. The summed E-state index contributed by atoms with van der Waals surface area (Å²) in [5.74, 6) is -0.583. The quantitative estimate of drug-likeness (QED) is 0.568. The van der Waals surface area contributed by atoms with Gasteiger partial charge in [-0.3, -0.25) is 5.32 Å². The van der Waals surface area contributed by atoms with Crippen LogP contribution in [0.25, 0.3) is 0 Å². The van der Waals surface area contributed by atoms with Crippen LogP contribution in [0.1, 0.15) is 13.3 Å². The van der Waals surface area contributed by atoms with Crippen LogP contribution in [0.15, 0.2) is 0 Å². The van der Waals surface area contributed by atoms with E-state index < -0.39 is 5.91 Å². The van der Waals surface area contributed by atoms with Crippen LogP contribution in [0.2, 0.25) is 0 Å². The number of ether oxygens (including phenoxy) is 2. The van der Waals surface area contributed by atoms with E-state index in [1.807, 2.05) is 6.92 Å². The van der Waals surface area contributed by atoms with Gasteiger partial charge in [-0.15, -0.1) is 0 Å². The van der Waals surface area contributed by atoms with Crippen molar-refractivity contribution in [1.29, 1.82) is 0 Å². The normalized spacial score (nSPS) is 12.0. The summed E-state index contributed by atoms with van der Waals surface area (Å²) in [4.78, 5) is 0. The Morgan fingerprint density at radius 3 is 1.78 bits per heavy atom. The number of rotatable bonds is 4. The first-order valence-electron chi connectivity index (χ1n) is 3.04. The van der Waals surface area contributed by atoms with Gasteiger partial charge >= 0.3 is 0 Å². The van der Waals surface area contributed by atoms with E-state index in [4.69, 9.17) is 9.47 Å². The molecule has 0 aromatic rings. The van der Waals surface area contributed by atoms with E-state index in [0.717, 1.165) is 6.42 Å². The second-order valence-electron chi connectivity index (χ2n) is 1.76. The van der Waals surface area contributed by atoms with E-state index >= 15 is 0 Å². The second-order valence-corrected chi connectivity index (χ2v) is 1.76. The molecule has 9 heavy (non-hydrogen) atoms. The largest absolute Gasteiger partial charge is 0.341 e. The molecule has 0 atom stereocenters. The smallest absolute Gasteiger partial charge is 0.226 e. The average Bonchev–Trinajstić information content (AvgIpc) is 1.95. The first kappa shape index (κ1) is 8.88. The van der Waals surface area contributed by atoms with Gasteiger partial charge in [-0.25, -0.2) is 0 Å². The van der Waals surface area contributed by atoms with E-state index in [9.17, 15) is 0 Å². The van der Waals surface area contributed by atoms with Crippen molar-refractivity contribution in [1.82, 2.24) is 5.32 Å². The summed E-state index contributed by atoms with van der Waals surface area (Å²) in [6.45, 7) is 1.99. The monoisotopic (exact) mass is 133 g/mol. The van der Waals surface area contributed by atoms with E-state index in [0.29, 0.717) is 0 Å². The summed E-state index contributed by atoms with van der Waals surface area (Å²) >= 11 is 0. The van der Waals surface area contributed by atoms with Gasteiger partial charge in [-0.05, 0) is 7.05 Å². The minimum atomic E-state index is -0.583. The molecule has 0 aliphatic carbocycles. The predicted molar refractivity (Wildman–Crippen MR) is 36.1 cm³/mol. The minimum absolute atomic E-state index is 0.583. The van der Waals surface area contributed by atoms with Crippen molar-refractivity contribution in [3.05, 3.63) is 0 Å². The number of hydrogen-bond acceptors (Lipinski definition) is 3. The molecular weight excluding hydrogens is 118 g/mol. The highest BCUT2D eigenvalue weighted by atomic mass is 16.7. The van der Waals surface area contributed by atoms with E-state index in [2.05, 4.69) is 5.32 Å². The SMILES string of the molecule is CCC(NC)(OC)OC. The molecule has 0 heterocycles. The van der Waals surface area contributed by atoms with Crippen molar-refractivity contribution in [2.45, 2.75) is 19.3 Å². The third kappa shape index (κ3) is 1.93. The fourth-order valence-corrected chi connectivity index (χ4v) is 0.753. The van der Waals surface area contributed by atoms with Crippen molar-refractivity contribution in [3.63, 3.8) is 0 Å². The van der Waals surface area contributed by atoms with Gasteiger partial charge in [0.2, 0.25) is 5.91 Å². The Balaban J connectivity index is 3.82. The summed E-state index contributed by atoms with van der Waals surface area (Å²) in [6, 6.07) is 0. The molecule has 0 aromatic carbocycles. The van der Waals surface area contributed by atoms with Gasteiger partial charge in [0.05, 0.1) is 0 Å². The Kier molecular flexibility index (Phi) is 3.77. The Hall–Kier alpha value is -0.120. The van der Waals surface area contributed by atoms with E-state index in [1.54, 1.807) is 21.3 Å². The Morgan fingerprint density at radius 1 is 1.33 bits per heavy atom. The van der Waals surface area contributed by atoms with Crippen LogP contribution in [-0.4, -0.2) is 27.2 Å². The Bertz CT molecular complexity index is 53.9.